The maximum Gasteiger partial charge on any atom is 0.335 e. The van der Waals surface area contributed by atoms with Crippen LogP contribution in [0.4, 0.5) is 8.78 Å². The summed E-state index contributed by atoms with van der Waals surface area (Å²) in [5, 5.41) is 0. The van der Waals surface area contributed by atoms with Gasteiger partial charge in [0.2, 0.25) is 0 Å². The van der Waals surface area contributed by atoms with Crippen LogP contribution in [0.1, 0.15) is 0 Å². The van der Waals surface area contributed by atoms with E-state index in [1.165, 1.54) is 48.5 Å². The summed E-state index contributed by atoms with van der Waals surface area (Å²) in [6.07, 6.45) is 3.55. The van der Waals surface area contributed by atoms with E-state index < -0.39 is 35.5 Å². The third-order valence-corrected chi connectivity index (χ3v) is 5.00. The summed E-state index contributed by atoms with van der Waals surface area (Å²) < 4.78 is 51.2. The third kappa shape index (κ3) is 7.01. The molecule has 3 aromatic carbocycles. The lowest BCUT2D eigenvalue weighted by molar-refractivity contribution is -0.130. The van der Waals surface area contributed by atoms with Crippen molar-refractivity contribution in [1.29, 1.82) is 0 Å². The molecule has 8 nitrogen and oxygen atoms in total. The number of esters is 4. The molecule has 0 N–H and O–H groups in total. The SMILES string of the molecule is C=CC(=O)Oc1cc(OC(=O)C=C)cc(-c2ccc(-c3cc(OC(=O)C=C)cc(OC(=O)C=C)c3)c(F)c2F)c1. The number of halogens is 2. The summed E-state index contributed by atoms with van der Waals surface area (Å²) >= 11 is 0. The minimum atomic E-state index is -1.32. The molecule has 0 bridgehead atoms. The Labute approximate surface area is 227 Å². The second-order valence-electron chi connectivity index (χ2n) is 7.68. The van der Waals surface area contributed by atoms with E-state index in [0.717, 1.165) is 24.3 Å². The second-order valence-corrected chi connectivity index (χ2v) is 7.68. The number of benzene rings is 3. The molecule has 0 spiro atoms. The summed E-state index contributed by atoms with van der Waals surface area (Å²) in [5.41, 5.74) is -0.556. The van der Waals surface area contributed by atoms with Crippen LogP contribution in [0.5, 0.6) is 23.0 Å². The van der Waals surface area contributed by atoms with Crippen LogP contribution in [0.15, 0.2) is 99.2 Å². The topological polar surface area (TPSA) is 105 Å². The summed E-state index contributed by atoms with van der Waals surface area (Å²) in [4.78, 5) is 46.8. The first-order valence-corrected chi connectivity index (χ1v) is 11.2. The van der Waals surface area contributed by atoms with Crippen LogP contribution in [0.2, 0.25) is 0 Å². The first kappa shape index (κ1) is 28.9. The Morgan fingerprint density at radius 2 is 0.750 bits per heavy atom. The van der Waals surface area contributed by atoms with Crippen molar-refractivity contribution in [1.82, 2.24) is 0 Å². The average Bonchev–Trinajstić information content (AvgIpc) is 2.93. The van der Waals surface area contributed by atoms with Gasteiger partial charge in [0.1, 0.15) is 23.0 Å². The summed E-state index contributed by atoms with van der Waals surface area (Å²) in [7, 11) is 0. The zero-order chi connectivity index (χ0) is 29.4. The first-order chi connectivity index (χ1) is 19.1. The molecule has 0 aliphatic carbocycles. The van der Waals surface area contributed by atoms with E-state index in [4.69, 9.17) is 18.9 Å². The van der Waals surface area contributed by atoms with Crippen LogP contribution >= 0.6 is 0 Å². The molecule has 202 valence electrons. The minimum absolute atomic E-state index is 0.00144. The zero-order valence-corrected chi connectivity index (χ0v) is 20.8. The van der Waals surface area contributed by atoms with Crippen molar-refractivity contribution in [2.24, 2.45) is 0 Å². The van der Waals surface area contributed by atoms with Gasteiger partial charge in [-0.15, -0.1) is 0 Å². The Balaban J connectivity index is 2.13. The van der Waals surface area contributed by atoms with Crippen LogP contribution in [0.25, 0.3) is 22.3 Å². The lowest BCUT2D eigenvalue weighted by Gasteiger charge is -2.13. The molecule has 0 amide bonds. The first-order valence-electron chi connectivity index (χ1n) is 11.2. The van der Waals surface area contributed by atoms with Gasteiger partial charge in [-0.3, -0.25) is 0 Å². The van der Waals surface area contributed by atoms with E-state index in [1.807, 2.05) is 0 Å². The molecule has 0 unspecified atom stereocenters. The van der Waals surface area contributed by atoms with Gasteiger partial charge in [0, 0.05) is 47.6 Å². The Morgan fingerprint density at radius 3 is 0.975 bits per heavy atom. The van der Waals surface area contributed by atoms with Gasteiger partial charge in [-0.2, -0.15) is 0 Å². The van der Waals surface area contributed by atoms with Gasteiger partial charge < -0.3 is 18.9 Å². The number of rotatable bonds is 10. The smallest absolute Gasteiger partial charge is 0.335 e. The van der Waals surface area contributed by atoms with Crippen molar-refractivity contribution in [3.63, 3.8) is 0 Å². The highest BCUT2D eigenvalue weighted by Crippen LogP contribution is 2.37. The molecule has 0 saturated heterocycles. The number of ether oxygens (including phenoxy) is 4. The molecule has 0 radical (unpaired) electrons. The van der Waals surface area contributed by atoms with Gasteiger partial charge in [0.05, 0.1) is 0 Å². The summed E-state index contributed by atoms with van der Waals surface area (Å²) in [5.74, 6) is -6.54. The van der Waals surface area contributed by atoms with E-state index in [1.54, 1.807) is 0 Å². The Kier molecular flexibility index (Phi) is 9.21. The van der Waals surface area contributed by atoms with Crippen LogP contribution in [0, 0.1) is 11.6 Å². The standard InChI is InChI=1S/C30H20F2O8/c1-5-25(33)37-19-11-17(12-20(15-19)38-26(34)6-2)23-9-10-24(30(32)29(23)31)18-13-21(39-27(35)7-3)16-22(14-18)40-28(36)8-4/h5-16H,1-4H2. The fraction of sp³-hybridized carbons (Fsp3) is 0. The summed E-state index contributed by atoms with van der Waals surface area (Å²) in [6, 6.07) is 9.74. The number of hydrogen-bond donors (Lipinski definition) is 0. The lowest BCUT2D eigenvalue weighted by Crippen LogP contribution is -2.07. The third-order valence-electron chi connectivity index (χ3n) is 5.00. The molecule has 0 atom stereocenters. The molecular weight excluding hydrogens is 526 g/mol. The van der Waals surface area contributed by atoms with Crippen LogP contribution < -0.4 is 18.9 Å². The van der Waals surface area contributed by atoms with Crippen molar-refractivity contribution in [2.75, 3.05) is 0 Å². The molecule has 40 heavy (non-hydrogen) atoms. The van der Waals surface area contributed by atoms with Crippen LogP contribution in [0.3, 0.4) is 0 Å². The fourth-order valence-corrected chi connectivity index (χ4v) is 3.32. The van der Waals surface area contributed by atoms with Crippen molar-refractivity contribution in [3.8, 4) is 45.3 Å². The van der Waals surface area contributed by atoms with E-state index in [-0.39, 0.29) is 45.3 Å². The molecule has 3 rings (SSSR count). The molecule has 0 saturated carbocycles. The van der Waals surface area contributed by atoms with Crippen molar-refractivity contribution in [3.05, 3.63) is 111 Å². The monoisotopic (exact) mass is 546 g/mol. The quantitative estimate of drug-likeness (QED) is 0.182. The number of hydrogen-bond acceptors (Lipinski definition) is 8. The Bertz CT molecular complexity index is 1380. The number of carbonyl (C=O) groups excluding carboxylic acids is 4. The molecule has 0 aliphatic rings. The fourth-order valence-electron chi connectivity index (χ4n) is 3.32. The van der Waals surface area contributed by atoms with Crippen LogP contribution in [-0.2, 0) is 19.2 Å². The predicted octanol–water partition coefficient (Wildman–Crippen LogP) is 5.66. The highest BCUT2D eigenvalue weighted by Gasteiger charge is 2.20. The normalized spacial score (nSPS) is 10.1. The molecule has 0 heterocycles. The largest absolute Gasteiger partial charge is 0.423 e. The van der Waals surface area contributed by atoms with E-state index in [2.05, 4.69) is 26.3 Å². The highest BCUT2D eigenvalue weighted by molar-refractivity contribution is 5.87. The molecule has 10 heteroatoms. The van der Waals surface area contributed by atoms with E-state index in [0.29, 0.717) is 0 Å². The van der Waals surface area contributed by atoms with Gasteiger partial charge in [0.15, 0.2) is 11.6 Å². The van der Waals surface area contributed by atoms with Crippen molar-refractivity contribution < 1.29 is 46.9 Å². The molecule has 0 aromatic heterocycles. The molecule has 3 aromatic rings. The Hall–Kier alpha value is -5.64. The van der Waals surface area contributed by atoms with Crippen molar-refractivity contribution >= 4 is 23.9 Å². The predicted molar refractivity (Wildman–Crippen MR) is 141 cm³/mol. The molecular formula is C30H20F2O8. The molecule has 0 fully saturated rings. The summed E-state index contributed by atoms with van der Waals surface area (Å²) in [6.45, 7) is 13.2. The Morgan fingerprint density at radius 1 is 0.500 bits per heavy atom. The lowest BCUT2D eigenvalue weighted by atomic mass is 9.98. The molecule has 0 aliphatic heterocycles. The maximum atomic E-state index is 15.5. The zero-order valence-electron chi connectivity index (χ0n) is 20.8. The van der Waals surface area contributed by atoms with E-state index >= 15 is 8.78 Å². The van der Waals surface area contributed by atoms with Gasteiger partial charge in [0.25, 0.3) is 0 Å². The van der Waals surface area contributed by atoms with Gasteiger partial charge in [-0.05, 0) is 35.4 Å². The minimum Gasteiger partial charge on any atom is -0.423 e. The van der Waals surface area contributed by atoms with Gasteiger partial charge >= 0.3 is 23.9 Å². The highest BCUT2D eigenvalue weighted by atomic mass is 19.2. The number of carbonyl (C=O) groups is 4. The van der Waals surface area contributed by atoms with Gasteiger partial charge in [-0.1, -0.05) is 38.4 Å². The van der Waals surface area contributed by atoms with E-state index in [9.17, 15) is 19.2 Å². The van der Waals surface area contributed by atoms with Crippen LogP contribution in [-0.4, -0.2) is 23.9 Å². The second kappa shape index (κ2) is 12.7. The maximum absolute atomic E-state index is 15.5. The average molecular weight is 546 g/mol. The van der Waals surface area contributed by atoms with Crippen molar-refractivity contribution in [2.45, 2.75) is 0 Å². The van der Waals surface area contributed by atoms with Gasteiger partial charge in [-0.25, -0.2) is 28.0 Å².